The summed E-state index contributed by atoms with van der Waals surface area (Å²) in [7, 11) is 1.55. The van der Waals surface area contributed by atoms with Gasteiger partial charge in [0.25, 0.3) is 5.91 Å². The maximum Gasteiger partial charge on any atom is 0.254 e. The Morgan fingerprint density at radius 3 is 2.65 bits per heavy atom. The number of nitrogens with two attached hydrogens (primary N) is 1. The van der Waals surface area contributed by atoms with Gasteiger partial charge in [-0.15, -0.1) is 0 Å². The number of ether oxygens (including phenoxy) is 2. The normalized spacial score (nSPS) is 24.8. The second-order valence-electron chi connectivity index (χ2n) is 5.64. The van der Waals surface area contributed by atoms with Gasteiger partial charge >= 0.3 is 0 Å². The number of amides is 1. The van der Waals surface area contributed by atoms with Crippen molar-refractivity contribution in [1.82, 2.24) is 4.90 Å². The van der Waals surface area contributed by atoms with E-state index < -0.39 is 5.60 Å². The van der Waals surface area contributed by atoms with Crippen molar-refractivity contribution in [2.45, 2.75) is 45.0 Å². The summed E-state index contributed by atoms with van der Waals surface area (Å²) in [6, 6.07) is 0. The fourth-order valence-electron chi connectivity index (χ4n) is 2.04. The van der Waals surface area contributed by atoms with Gasteiger partial charge in [0.2, 0.25) is 0 Å². The largest absolute Gasteiger partial charge is 0.369 e. The molecule has 2 N–H and O–H groups in total. The molecule has 0 bridgehead atoms. The predicted octanol–water partition coefficient (Wildman–Crippen LogP) is 0.376. The lowest BCUT2D eigenvalue weighted by molar-refractivity contribution is -0.174. The summed E-state index contributed by atoms with van der Waals surface area (Å²) in [5.41, 5.74) is 4.48. The van der Waals surface area contributed by atoms with Crippen molar-refractivity contribution in [3.8, 4) is 0 Å². The summed E-state index contributed by atoms with van der Waals surface area (Å²) in [6.07, 6.45) is -0.102. The molecule has 5 nitrogen and oxygen atoms in total. The van der Waals surface area contributed by atoms with Gasteiger partial charge in [0.05, 0.1) is 11.7 Å². The van der Waals surface area contributed by atoms with Crippen molar-refractivity contribution in [1.29, 1.82) is 0 Å². The van der Waals surface area contributed by atoms with Crippen LogP contribution in [0.3, 0.4) is 0 Å². The molecule has 0 aromatic rings. The third-order valence-electron chi connectivity index (χ3n) is 3.06. The Bertz CT molecular complexity index is 289. The van der Waals surface area contributed by atoms with E-state index in [1.54, 1.807) is 25.9 Å². The second-order valence-corrected chi connectivity index (χ2v) is 5.64. The van der Waals surface area contributed by atoms with Gasteiger partial charge in [-0.05, 0) is 27.7 Å². The van der Waals surface area contributed by atoms with E-state index in [0.29, 0.717) is 19.6 Å². The minimum atomic E-state index is -0.799. The monoisotopic (exact) mass is 244 g/mol. The van der Waals surface area contributed by atoms with Crippen LogP contribution in [0.1, 0.15) is 27.7 Å². The van der Waals surface area contributed by atoms with Gasteiger partial charge in [-0.2, -0.15) is 0 Å². The quantitative estimate of drug-likeness (QED) is 0.779. The van der Waals surface area contributed by atoms with Gasteiger partial charge in [-0.1, -0.05) is 0 Å². The second kappa shape index (κ2) is 4.92. The van der Waals surface area contributed by atoms with Crippen molar-refractivity contribution in [3.05, 3.63) is 0 Å². The Kier molecular flexibility index (Phi) is 4.17. The number of carbonyl (C=O) groups is 1. The van der Waals surface area contributed by atoms with E-state index in [1.807, 2.05) is 13.8 Å². The SMILES string of the molecule is COC(C)(C)C(=O)N1CC(CN)OC(C)(C)C1. The molecule has 1 unspecified atom stereocenters. The third-order valence-corrected chi connectivity index (χ3v) is 3.06. The van der Waals surface area contributed by atoms with Crippen molar-refractivity contribution in [2.24, 2.45) is 5.73 Å². The first-order valence-corrected chi connectivity index (χ1v) is 5.94. The molecule has 1 amide bonds. The molecule has 1 rings (SSSR count). The van der Waals surface area contributed by atoms with E-state index in [4.69, 9.17) is 15.2 Å². The van der Waals surface area contributed by atoms with Gasteiger partial charge in [-0.25, -0.2) is 0 Å². The molecule has 17 heavy (non-hydrogen) atoms. The highest BCUT2D eigenvalue weighted by atomic mass is 16.5. The van der Waals surface area contributed by atoms with Crippen LogP contribution in [0.25, 0.3) is 0 Å². The third kappa shape index (κ3) is 3.40. The van der Waals surface area contributed by atoms with E-state index in [9.17, 15) is 4.79 Å². The molecule has 0 aliphatic carbocycles. The number of carbonyl (C=O) groups excluding carboxylic acids is 1. The predicted molar refractivity (Wildman–Crippen MR) is 65.7 cm³/mol. The highest BCUT2D eigenvalue weighted by Crippen LogP contribution is 2.23. The molecule has 1 fully saturated rings. The Labute approximate surface area is 103 Å². The first-order chi connectivity index (χ1) is 7.72. The molecule has 0 radical (unpaired) electrons. The van der Waals surface area contributed by atoms with Gasteiger partial charge in [0.1, 0.15) is 5.60 Å². The van der Waals surface area contributed by atoms with Crippen LogP contribution in [0, 0.1) is 0 Å². The van der Waals surface area contributed by atoms with Crippen molar-refractivity contribution in [3.63, 3.8) is 0 Å². The van der Waals surface area contributed by atoms with Crippen LogP contribution in [0.5, 0.6) is 0 Å². The molecule has 0 spiro atoms. The van der Waals surface area contributed by atoms with Crippen molar-refractivity contribution in [2.75, 3.05) is 26.7 Å². The van der Waals surface area contributed by atoms with Crippen LogP contribution in [-0.2, 0) is 14.3 Å². The zero-order valence-electron chi connectivity index (χ0n) is 11.4. The van der Waals surface area contributed by atoms with Crippen LogP contribution in [0.2, 0.25) is 0 Å². The van der Waals surface area contributed by atoms with E-state index in [-0.39, 0.29) is 17.6 Å². The van der Waals surface area contributed by atoms with Gasteiger partial charge in [0.15, 0.2) is 0 Å². The zero-order valence-corrected chi connectivity index (χ0v) is 11.4. The van der Waals surface area contributed by atoms with E-state index in [2.05, 4.69) is 0 Å². The van der Waals surface area contributed by atoms with Crippen molar-refractivity contribution < 1.29 is 14.3 Å². The van der Waals surface area contributed by atoms with Gasteiger partial charge < -0.3 is 20.1 Å². The molecule has 1 aliphatic heterocycles. The van der Waals surface area contributed by atoms with Crippen LogP contribution >= 0.6 is 0 Å². The van der Waals surface area contributed by atoms with E-state index in [1.165, 1.54) is 0 Å². The lowest BCUT2D eigenvalue weighted by Crippen LogP contribution is -2.60. The minimum Gasteiger partial charge on any atom is -0.369 e. The zero-order chi connectivity index (χ0) is 13.3. The Morgan fingerprint density at radius 1 is 1.59 bits per heavy atom. The smallest absolute Gasteiger partial charge is 0.254 e. The fourth-order valence-corrected chi connectivity index (χ4v) is 2.04. The number of rotatable bonds is 3. The minimum absolute atomic E-state index is 0.0187. The molecule has 1 heterocycles. The highest BCUT2D eigenvalue weighted by molar-refractivity contribution is 5.84. The Balaban J connectivity index is 2.80. The number of morpholine rings is 1. The van der Waals surface area contributed by atoms with Crippen LogP contribution < -0.4 is 5.73 Å². The summed E-state index contributed by atoms with van der Waals surface area (Å²) in [5.74, 6) is -0.0187. The van der Waals surface area contributed by atoms with Crippen LogP contribution in [0.4, 0.5) is 0 Å². The van der Waals surface area contributed by atoms with Crippen molar-refractivity contribution >= 4 is 5.91 Å². The number of nitrogens with zero attached hydrogens (tertiary/aromatic N) is 1. The standard InChI is InChI=1S/C12H24N2O3/c1-11(2)8-14(7-9(6-13)17-11)10(15)12(3,4)16-5/h9H,6-8,13H2,1-5H3. The average molecular weight is 244 g/mol. The van der Waals surface area contributed by atoms with Gasteiger partial charge in [0, 0.05) is 26.7 Å². The number of hydrogen-bond acceptors (Lipinski definition) is 4. The van der Waals surface area contributed by atoms with Crippen LogP contribution in [-0.4, -0.2) is 54.9 Å². The molecular formula is C12H24N2O3. The molecule has 0 aromatic carbocycles. The van der Waals surface area contributed by atoms with Gasteiger partial charge in [-0.3, -0.25) is 4.79 Å². The number of hydrogen-bond donors (Lipinski definition) is 1. The topological polar surface area (TPSA) is 64.8 Å². The number of methoxy groups -OCH3 is 1. The molecule has 1 atom stereocenters. The summed E-state index contributed by atoms with van der Waals surface area (Å²) in [4.78, 5) is 14.1. The first-order valence-electron chi connectivity index (χ1n) is 5.94. The summed E-state index contributed by atoms with van der Waals surface area (Å²) in [6.45, 7) is 9.00. The highest BCUT2D eigenvalue weighted by Gasteiger charge is 2.40. The summed E-state index contributed by atoms with van der Waals surface area (Å²) >= 11 is 0. The molecule has 5 heteroatoms. The maximum absolute atomic E-state index is 12.3. The molecule has 1 aliphatic rings. The summed E-state index contributed by atoms with van der Waals surface area (Å²) in [5, 5.41) is 0. The summed E-state index contributed by atoms with van der Waals surface area (Å²) < 4.78 is 11.0. The Morgan fingerprint density at radius 2 is 2.18 bits per heavy atom. The van der Waals surface area contributed by atoms with E-state index in [0.717, 1.165) is 0 Å². The first kappa shape index (κ1) is 14.4. The molecule has 100 valence electrons. The average Bonchev–Trinajstić information content (AvgIpc) is 2.25. The Hall–Kier alpha value is -0.650. The molecule has 1 saturated heterocycles. The molecule has 0 saturated carbocycles. The maximum atomic E-state index is 12.3. The lowest BCUT2D eigenvalue weighted by Gasteiger charge is -2.44. The lowest BCUT2D eigenvalue weighted by atomic mass is 10.0. The molecule has 0 aromatic heterocycles. The molecular weight excluding hydrogens is 220 g/mol. The van der Waals surface area contributed by atoms with Crippen LogP contribution in [0.15, 0.2) is 0 Å². The fraction of sp³-hybridized carbons (Fsp3) is 0.917. The van der Waals surface area contributed by atoms with E-state index >= 15 is 0 Å².